The summed E-state index contributed by atoms with van der Waals surface area (Å²) in [6, 6.07) is 8.37. The van der Waals surface area contributed by atoms with Crippen molar-refractivity contribution in [1.29, 1.82) is 0 Å². The van der Waals surface area contributed by atoms with E-state index >= 15 is 0 Å². The number of rotatable bonds is 5. The molecule has 0 aromatic heterocycles. The van der Waals surface area contributed by atoms with Crippen molar-refractivity contribution in [2.75, 3.05) is 0 Å². The number of hydrogen-bond donors (Lipinski definition) is 0. The SMILES string of the molecule is CCCC1CCC([C@H]2CC[C@H](c3ccc(CC)cc3)CC2(F)F)CC1. The highest BCUT2D eigenvalue weighted by atomic mass is 19.3. The van der Waals surface area contributed by atoms with Crippen molar-refractivity contribution in [3.63, 3.8) is 0 Å². The maximum atomic E-state index is 15.0. The lowest BCUT2D eigenvalue weighted by atomic mass is 9.66. The summed E-state index contributed by atoms with van der Waals surface area (Å²) in [5.74, 6) is -1.78. The molecule has 0 amide bonds. The second kappa shape index (κ2) is 8.18. The molecule has 0 nitrogen and oxygen atoms in total. The first-order chi connectivity index (χ1) is 12.0. The fraction of sp³-hybridized carbons (Fsp3) is 0.739. The molecule has 1 aromatic carbocycles. The van der Waals surface area contributed by atoms with Crippen LogP contribution in [0.5, 0.6) is 0 Å². The number of aryl methyl sites for hydroxylation is 1. The van der Waals surface area contributed by atoms with Crippen LogP contribution >= 0.6 is 0 Å². The van der Waals surface area contributed by atoms with E-state index in [9.17, 15) is 8.78 Å². The lowest BCUT2D eigenvalue weighted by molar-refractivity contribution is -0.118. The molecular weight excluding hydrogens is 314 g/mol. The Balaban J connectivity index is 1.60. The molecule has 2 fully saturated rings. The molecular formula is C23H34F2. The summed E-state index contributed by atoms with van der Waals surface area (Å²) < 4.78 is 30.0. The molecule has 0 aliphatic heterocycles. The number of hydrogen-bond acceptors (Lipinski definition) is 0. The summed E-state index contributed by atoms with van der Waals surface area (Å²) >= 11 is 0. The minimum Gasteiger partial charge on any atom is -0.207 e. The molecule has 0 radical (unpaired) electrons. The molecule has 25 heavy (non-hydrogen) atoms. The van der Waals surface area contributed by atoms with E-state index in [4.69, 9.17) is 0 Å². The largest absolute Gasteiger partial charge is 0.251 e. The molecule has 3 rings (SSSR count). The minimum atomic E-state index is -2.49. The summed E-state index contributed by atoms with van der Waals surface area (Å²) in [4.78, 5) is 0. The van der Waals surface area contributed by atoms with Gasteiger partial charge in [0.05, 0.1) is 0 Å². The first kappa shape index (κ1) is 18.9. The molecule has 0 unspecified atom stereocenters. The molecule has 2 saturated carbocycles. The predicted octanol–water partition coefficient (Wildman–Crippen LogP) is 7.37. The highest BCUT2D eigenvalue weighted by molar-refractivity contribution is 5.26. The van der Waals surface area contributed by atoms with Crippen LogP contribution in [0, 0.1) is 17.8 Å². The Hall–Kier alpha value is -0.920. The Kier molecular flexibility index (Phi) is 6.17. The van der Waals surface area contributed by atoms with Crippen LogP contribution in [0.3, 0.4) is 0 Å². The van der Waals surface area contributed by atoms with Gasteiger partial charge in [0.15, 0.2) is 0 Å². The average Bonchev–Trinajstić information content (AvgIpc) is 2.62. The maximum Gasteiger partial charge on any atom is 0.251 e. The van der Waals surface area contributed by atoms with Crippen molar-refractivity contribution in [3.05, 3.63) is 35.4 Å². The number of alkyl halides is 2. The van der Waals surface area contributed by atoms with Crippen LogP contribution in [0.2, 0.25) is 0 Å². The Morgan fingerprint density at radius 3 is 2.16 bits per heavy atom. The van der Waals surface area contributed by atoms with E-state index in [0.29, 0.717) is 6.42 Å². The van der Waals surface area contributed by atoms with Crippen molar-refractivity contribution in [1.82, 2.24) is 0 Å². The first-order valence-corrected chi connectivity index (χ1v) is 10.5. The predicted molar refractivity (Wildman–Crippen MR) is 101 cm³/mol. The van der Waals surface area contributed by atoms with Gasteiger partial charge in [-0.05, 0) is 61.0 Å². The Bertz CT molecular complexity index is 526. The van der Waals surface area contributed by atoms with E-state index in [2.05, 4.69) is 38.1 Å². The monoisotopic (exact) mass is 348 g/mol. The first-order valence-electron chi connectivity index (χ1n) is 10.5. The van der Waals surface area contributed by atoms with Crippen molar-refractivity contribution < 1.29 is 8.78 Å². The van der Waals surface area contributed by atoms with Crippen molar-refractivity contribution >= 4 is 0 Å². The van der Waals surface area contributed by atoms with E-state index in [0.717, 1.165) is 37.2 Å². The maximum absolute atomic E-state index is 15.0. The molecule has 140 valence electrons. The van der Waals surface area contributed by atoms with Gasteiger partial charge in [0.1, 0.15) is 0 Å². The quantitative estimate of drug-likeness (QED) is 0.521. The van der Waals surface area contributed by atoms with Crippen LogP contribution in [-0.4, -0.2) is 5.92 Å². The van der Waals surface area contributed by atoms with Gasteiger partial charge in [0, 0.05) is 12.3 Å². The van der Waals surface area contributed by atoms with Crippen LogP contribution < -0.4 is 0 Å². The van der Waals surface area contributed by atoms with Gasteiger partial charge in [0.25, 0.3) is 5.92 Å². The van der Waals surface area contributed by atoms with E-state index in [1.54, 1.807) is 0 Å². The van der Waals surface area contributed by atoms with Crippen LogP contribution in [0.1, 0.15) is 88.7 Å². The third kappa shape index (κ3) is 4.44. The van der Waals surface area contributed by atoms with Crippen LogP contribution in [0.4, 0.5) is 8.78 Å². The minimum absolute atomic E-state index is 0.0357. The van der Waals surface area contributed by atoms with E-state index in [1.807, 2.05) is 0 Å². The molecule has 0 bridgehead atoms. The summed E-state index contributed by atoms with van der Waals surface area (Å²) in [6.07, 6.45) is 9.61. The van der Waals surface area contributed by atoms with Gasteiger partial charge in [-0.1, -0.05) is 63.8 Å². The van der Waals surface area contributed by atoms with Crippen LogP contribution in [0.25, 0.3) is 0 Å². The Morgan fingerprint density at radius 1 is 0.920 bits per heavy atom. The van der Waals surface area contributed by atoms with Crippen LogP contribution in [-0.2, 0) is 6.42 Å². The molecule has 2 aliphatic rings. The van der Waals surface area contributed by atoms with Gasteiger partial charge in [-0.25, -0.2) is 8.78 Å². The fourth-order valence-electron chi connectivity index (χ4n) is 5.35. The van der Waals surface area contributed by atoms with Gasteiger partial charge in [-0.2, -0.15) is 0 Å². The van der Waals surface area contributed by atoms with Gasteiger partial charge in [-0.3, -0.25) is 0 Å². The normalized spacial score (nSPS) is 32.5. The topological polar surface area (TPSA) is 0 Å². The van der Waals surface area contributed by atoms with E-state index in [1.165, 1.54) is 31.2 Å². The molecule has 1 aromatic rings. The summed E-state index contributed by atoms with van der Waals surface area (Å²) in [7, 11) is 0. The smallest absolute Gasteiger partial charge is 0.207 e. The molecule has 2 atom stereocenters. The summed E-state index contributed by atoms with van der Waals surface area (Å²) in [6.45, 7) is 4.36. The Labute approximate surface area is 152 Å². The van der Waals surface area contributed by atoms with Crippen molar-refractivity contribution in [3.8, 4) is 0 Å². The molecule has 0 N–H and O–H groups in total. The third-order valence-electron chi connectivity index (χ3n) is 6.90. The number of benzene rings is 1. The van der Waals surface area contributed by atoms with Crippen molar-refractivity contribution in [2.45, 2.75) is 89.9 Å². The lowest BCUT2D eigenvalue weighted by Crippen LogP contribution is -2.40. The zero-order valence-electron chi connectivity index (χ0n) is 15.9. The highest BCUT2D eigenvalue weighted by Gasteiger charge is 2.48. The summed E-state index contributed by atoms with van der Waals surface area (Å²) in [5, 5.41) is 0. The molecule has 0 saturated heterocycles. The Morgan fingerprint density at radius 2 is 1.60 bits per heavy atom. The van der Waals surface area contributed by atoms with Gasteiger partial charge < -0.3 is 0 Å². The average molecular weight is 349 g/mol. The van der Waals surface area contributed by atoms with E-state index < -0.39 is 5.92 Å². The highest BCUT2D eigenvalue weighted by Crippen LogP contribution is 2.51. The second-order valence-electron chi connectivity index (χ2n) is 8.51. The number of halogens is 2. The van der Waals surface area contributed by atoms with Gasteiger partial charge >= 0.3 is 0 Å². The zero-order valence-corrected chi connectivity index (χ0v) is 15.9. The lowest BCUT2D eigenvalue weighted by Gasteiger charge is -2.42. The molecule has 0 heterocycles. The molecule has 2 aliphatic carbocycles. The molecule has 0 spiro atoms. The van der Waals surface area contributed by atoms with Gasteiger partial charge in [0.2, 0.25) is 0 Å². The fourth-order valence-corrected chi connectivity index (χ4v) is 5.35. The standard InChI is InChI=1S/C23H34F2/c1-3-5-18-8-12-20(13-9-18)22-15-14-21(16-23(22,24)25)19-10-6-17(4-2)7-11-19/h6-7,10-11,18,20-22H,3-5,8-9,12-16H2,1-2H3/t18?,20?,21-,22+/m0/s1. The second-order valence-corrected chi connectivity index (χ2v) is 8.51. The van der Waals surface area contributed by atoms with E-state index in [-0.39, 0.29) is 24.2 Å². The van der Waals surface area contributed by atoms with Gasteiger partial charge in [-0.15, -0.1) is 0 Å². The summed E-state index contributed by atoms with van der Waals surface area (Å²) in [5.41, 5.74) is 2.40. The van der Waals surface area contributed by atoms with Crippen molar-refractivity contribution in [2.24, 2.45) is 17.8 Å². The zero-order chi connectivity index (χ0) is 17.9. The molecule has 2 heteroatoms. The van der Waals surface area contributed by atoms with Crippen LogP contribution in [0.15, 0.2) is 24.3 Å². The third-order valence-corrected chi connectivity index (χ3v) is 6.90.